The number of aryl methyl sites for hydroxylation is 1. The van der Waals surface area contributed by atoms with Gasteiger partial charge >= 0.3 is 5.97 Å². The normalized spacial score (nSPS) is 19.0. The smallest absolute Gasteiger partial charge is 0.307 e. The van der Waals surface area contributed by atoms with Crippen LogP contribution in [0.15, 0.2) is 48.5 Å². The summed E-state index contributed by atoms with van der Waals surface area (Å²) in [7, 11) is 0. The van der Waals surface area contributed by atoms with Crippen LogP contribution in [0.1, 0.15) is 36.8 Å². The summed E-state index contributed by atoms with van der Waals surface area (Å²) in [6, 6.07) is 15.7. The van der Waals surface area contributed by atoms with Crippen LogP contribution in [-0.4, -0.2) is 23.5 Å². The van der Waals surface area contributed by atoms with E-state index in [0.29, 0.717) is 25.8 Å². The molecule has 2 aromatic rings. The highest BCUT2D eigenvalue weighted by molar-refractivity contribution is 5.84. The summed E-state index contributed by atoms with van der Waals surface area (Å²) < 4.78 is 5.82. The largest absolute Gasteiger partial charge is 0.481 e. The molecular weight excluding hydrogens is 354 g/mol. The average Bonchev–Trinajstić information content (AvgIpc) is 2.71. The molecule has 5 nitrogen and oxygen atoms in total. The number of carbonyl (C=O) groups excluding carboxylic acids is 1. The first-order valence-corrected chi connectivity index (χ1v) is 9.87. The van der Waals surface area contributed by atoms with Crippen molar-refractivity contribution in [2.75, 3.05) is 6.54 Å². The number of rotatable bonds is 7. The number of amides is 1. The summed E-state index contributed by atoms with van der Waals surface area (Å²) in [5, 5.41) is 12.2. The number of nitrogens with one attached hydrogen (secondary N) is 1. The summed E-state index contributed by atoms with van der Waals surface area (Å²) in [4.78, 5) is 23.7. The molecule has 0 aromatic heterocycles. The fourth-order valence-corrected chi connectivity index (χ4v) is 3.67. The summed E-state index contributed by atoms with van der Waals surface area (Å²) in [5.41, 5.74) is 2.28. The maximum absolute atomic E-state index is 12.4. The molecule has 5 heteroatoms. The molecule has 2 atom stereocenters. The van der Waals surface area contributed by atoms with Crippen molar-refractivity contribution in [3.8, 4) is 11.5 Å². The van der Waals surface area contributed by atoms with Gasteiger partial charge in [0.15, 0.2) is 0 Å². The van der Waals surface area contributed by atoms with Crippen molar-refractivity contribution in [3.05, 3.63) is 59.7 Å². The summed E-state index contributed by atoms with van der Waals surface area (Å²) in [6.45, 7) is 2.53. The Kier molecular flexibility index (Phi) is 6.69. The van der Waals surface area contributed by atoms with E-state index in [4.69, 9.17) is 4.74 Å². The topological polar surface area (TPSA) is 75.6 Å². The molecule has 0 aliphatic heterocycles. The van der Waals surface area contributed by atoms with E-state index in [9.17, 15) is 14.7 Å². The molecule has 1 aliphatic carbocycles. The number of benzene rings is 2. The first-order chi connectivity index (χ1) is 13.5. The SMILES string of the molecule is Cc1ccc(Oc2ccc(CCNC(=O)C3CCCCC3C(=O)O)cc2)cc1. The van der Waals surface area contributed by atoms with Gasteiger partial charge in [0, 0.05) is 6.54 Å². The molecule has 0 radical (unpaired) electrons. The van der Waals surface area contributed by atoms with E-state index in [0.717, 1.165) is 29.9 Å². The number of aliphatic carboxylic acids is 1. The highest BCUT2D eigenvalue weighted by atomic mass is 16.5. The van der Waals surface area contributed by atoms with Crippen LogP contribution >= 0.6 is 0 Å². The van der Waals surface area contributed by atoms with Crippen LogP contribution < -0.4 is 10.1 Å². The molecule has 0 bridgehead atoms. The van der Waals surface area contributed by atoms with Crippen molar-refractivity contribution in [1.82, 2.24) is 5.32 Å². The Bertz CT molecular complexity index is 798. The molecule has 2 unspecified atom stereocenters. The van der Waals surface area contributed by atoms with Gasteiger partial charge in [-0.2, -0.15) is 0 Å². The third-order valence-electron chi connectivity index (χ3n) is 5.31. The van der Waals surface area contributed by atoms with Crippen LogP contribution in [0.2, 0.25) is 0 Å². The van der Waals surface area contributed by atoms with E-state index in [1.807, 2.05) is 55.5 Å². The third kappa shape index (κ3) is 5.35. The van der Waals surface area contributed by atoms with E-state index >= 15 is 0 Å². The van der Waals surface area contributed by atoms with Crippen molar-refractivity contribution in [1.29, 1.82) is 0 Å². The van der Waals surface area contributed by atoms with Crippen LogP contribution in [0.25, 0.3) is 0 Å². The van der Waals surface area contributed by atoms with E-state index in [2.05, 4.69) is 5.32 Å². The second kappa shape index (κ2) is 9.40. The van der Waals surface area contributed by atoms with Crippen LogP contribution in [0.5, 0.6) is 11.5 Å². The molecule has 2 N–H and O–H groups in total. The second-order valence-corrected chi connectivity index (χ2v) is 7.44. The van der Waals surface area contributed by atoms with Crippen LogP contribution in [-0.2, 0) is 16.0 Å². The molecule has 1 saturated carbocycles. The Morgan fingerprint density at radius 3 is 2.14 bits per heavy atom. The van der Waals surface area contributed by atoms with Gasteiger partial charge < -0.3 is 15.2 Å². The lowest BCUT2D eigenvalue weighted by atomic mass is 9.78. The molecule has 1 aliphatic rings. The van der Waals surface area contributed by atoms with Crippen molar-refractivity contribution in [3.63, 3.8) is 0 Å². The van der Waals surface area contributed by atoms with Crippen LogP contribution in [0.3, 0.4) is 0 Å². The van der Waals surface area contributed by atoms with Gasteiger partial charge in [0.25, 0.3) is 0 Å². The van der Waals surface area contributed by atoms with E-state index < -0.39 is 17.8 Å². The number of hydrogen-bond donors (Lipinski definition) is 2. The Balaban J connectivity index is 1.47. The lowest BCUT2D eigenvalue weighted by Crippen LogP contribution is -2.40. The number of ether oxygens (including phenoxy) is 1. The zero-order valence-electron chi connectivity index (χ0n) is 16.2. The van der Waals surface area contributed by atoms with Gasteiger partial charge in [-0.3, -0.25) is 9.59 Å². The fourth-order valence-electron chi connectivity index (χ4n) is 3.67. The quantitative estimate of drug-likeness (QED) is 0.748. The van der Waals surface area contributed by atoms with Crippen molar-refractivity contribution in [2.45, 2.75) is 39.0 Å². The lowest BCUT2D eigenvalue weighted by Gasteiger charge is -2.27. The zero-order chi connectivity index (χ0) is 19.9. The number of carboxylic acids is 1. The Morgan fingerprint density at radius 1 is 0.964 bits per heavy atom. The minimum Gasteiger partial charge on any atom is -0.481 e. The van der Waals surface area contributed by atoms with Crippen LogP contribution in [0.4, 0.5) is 0 Å². The molecular formula is C23H27NO4. The summed E-state index contributed by atoms with van der Waals surface area (Å²) in [6.07, 6.45) is 3.76. The molecule has 28 heavy (non-hydrogen) atoms. The molecule has 1 fully saturated rings. The number of carbonyl (C=O) groups is 2. The Labute approximate surface area is 165 Å². The zero-order valence-corrected chi connectivity index (χ0v) is 16.2. The summed E-state index contributed by atoms with van der Waals surface area (Å²) >= 11 is 0. The molecule has 0 spiro atoms. The van der Waals surface area contributed by atoms with E-state index in [1.165, 1.54) is 5.56 Å². The van der Waals surface area contributed by atoms with Gasteiger partial charge in [0.05, 0.1) is 11.8 Å². The van der Waals surface area contributed by atoms with E-state index in [1.54, 1.807) is 0 Å². The molecule has 3 rings (SSSR count). The van der Waals surface area contributed by atoms with Crippen molar-refractivity contribution >= 4 is 11.9 Å². The molecule has 148 valence electrons. The molecule has 0 heterocycles. The van der Waals surface area contributed by atoms with Gasteiger partial charge in [0.1, 0.15) is 11.5 Å². The monoisotopic (exact) mass is 381 g/mol. The first-order valence-electron chi connectivity index (χ1n) is 9.87. The van der Waals surface area contributed by atoms with Crippen LogP contribution in [0, 0.1) is 18.8 Å². The number of hydrogen-bond acceptors (Lipinski definition) is 3. The minimum absolute atomic E-state index is 0.133. The Morgan fingerprint density at radius 2 is 1.54 bits per heavy atom. The predicted octanol–water partition coefficient (Wildman–Crippen LogP) is 4.34. The third-order valence-corrected chi connectivity index (χ3v) is 5.31. The average molecular weight is 381 g/mol. The van der Waals surface area contributed by atoms with Gasteiger partial charge in [-0.1, -0.05) is 42.7 Å². The Hall–Kier alpha value is -2.82. The molecule has 2 aromatic carbocycles. The maximum atomic E-state index is 12.4. The highest BCUT2D eigenvalue weighted by Crippen LogP contribution is 2.30. The van der Waals surface area contributed by atoms with Gasteiger partial charge in [-0.15, -0.1) is 0 Å². The predicted molar refractivity (Wildman–Crippen MR) is 107 cm³/mol. The standard InChI is InChI=1S/C23H27NO4/c1-16-6-10-18(11-7-16)28-19-12-8-17(9-13-19)14-15-24-22(25)20-4-2-3-5-21(20)23(26)27/h6-13,20-21H,2-5,14-15H2,1H3,(H,24,25)(H,26,27). The fraction of sp³-hybridized carbons (Fsp3) is 0.391. The van der Waals surface area contributed by atoms with Crippen molar-refractivity contribution in [2.24, 2.45) is 11.8 Å². The maximum Gasteiger partial charge on any atom is 0.307 e. The van der Waals surface area contributed by atoms with Gasteiger partial charge in [-0.05, 0) is 56.0 Å². The molecule has 0 saturated heterocycles. The van der Waals surface area contributed by atoms with Gasteiger partial charge in [-0.25, -0.2) is 0 Å². The molecule has 1 amide bonds. The lowest BCUT2D eigenvalue weighted by molar-refractivity contribution is -0.148. The second-order valence-electron chi connectivity index (χ2n) is 7.44. The van der Waals surface area contributed by atoms with Gasteiger partial charge in [0.2, 0.25) is 5.91 Å². The summed E-state index contributed by atoms with van der Waals surface area (Å²) in [5.74, 6) is -0.381. The minimum atomic E-state index is -0.857. The van der Waals surface area contributed by atoms with Crippen molar-refractivity contribution < 1.29 is 19.4 Å². The first kappa shape index (κ1) is 19.9. The number of carboxylic acid groups (broad SMARTS) is 1. The van der Waals surface area contributed by atoms with E-state index in [-0.39, 0.29) is 5.91 Å². The highest BCUT2D eigenvalue weighted by Gasteiger charge is 2.35.